The summed E-state index contributed by atoms with van der Waals surface area (Å²) < 4.78 is 33.4. The van der Waals surface area contributed by atoms with E-state index in [0.29, 0.717) is 78.5 Å². The van der Waals surface area contributed by atoms with Crippen molar-refractivity contribution in [1.29, 1.82) is 5.26 Å². The standard InChI is InChI=1S/C54H64ClF2N13O2/c1-35-28-54(34-69(35)42-7-6-39(29-58)46(55)26-42)15-23-65(24-16-54)50-9-8-47(60-61-50)53(72)66-20-10-37(11-21-66)31-64-18-12-41(13-19-64)70-48-14-22-67(36(2)71)33-45(48)52(62-70)68-17-4-5-38-25-43(40-30-59-63(3)32-40)44(51(56)57)27-49(38)68/h6-9,25-27,30,32,35,37,41,51H,4-5,10-24,28,31,33-34H2,1-3H3/t35-/m0/s1. The number of nitrogens with zero attached hydrogens (tertiary/aromatic N) is 13. The summed E-state index contributed by atoms with van der Waals surface area (Å²) >= 11 is 6.40. The first-order chi connectivity index (χ1) is 34.8. The van der Waals surface area contributed by atoms with Crippen LogP contribution in [0.2, 0.25) is 5.02 Å². The van der Waals surface area contributed by atoms with Crippen LogP contribution in [0.4, 0.5) is 31.8 Å². The number of nitriles is 1. The van der Waals surface area contributed by atoms with E-state index < -0.39 is 6.43 Å². The van der Waals surface area contributed by atoms with Gasteiger partial charge in [-0.2, -0.15) is 15.5 Å². The number of piperidine rings is 3. The minimum Gasteiger partial charge on any atom is -0.368 e. The Morgan fingerprint density at radius 2 is 1.72 bits per heavy atom. The molecule has 2 aromatic carbocycles. The van der Waals surface area contributed by atoms with E-state index in [0.717, 1.165) is 137 Å². The highest BCUT2D eigenvalue weighted by molar-refractivity contribution is 6.32. The normalized spacial score (nSPS) is 20.9. The Labute approximate surface area is 425 Å². The van der Waals surface area contributed by atoms with Crippen LogP contribution in [0.1, 0.15) is 116 Å². The summed E-state index contributed by atoms with van der Waals surface area (Å²) in [5.74, 6) is 2.06. The first kappa shape index (κ1) is 48.2. The fraction of sp³-hybridized carbons (Fsp3) is 0.537. The lowest BCUT2D eigenvalue weighted by molar-refractivity contribution is -0.129. The molecule has 0 bridgehead atoms. The van der Waals surface area contributed by atoms with Crippen molar-refractivity contribution in [3.05, 3.63) is 93.5 Å². The second-order valence-corrected chi connectivity index (χ2v) is 21.8. The molecule has 0 N–H and O–H groups in total. The Bertz CT molecular complexity index is 2870. The Hall–Kier alpha value is -6.12. The van der Waals surface area contributed by atoms with Gasteiger partial charge < -0.3 is 29.4 Å². The zero-order valence-corrected chi connectivity index (χ0v) is 42.4. The summed E-state index contributed by atoms with van der Waals surface area (Å²) in [6.07, 6.45) is 10.1. The summed E-state index contributed by atoms with van der Waals surface area (Å²) in [6.45, 7) is 12.6. The summed E-state index contributed by atoms with van der Waals surface area (Å²) in [7, 11) is 1.79. The van der Waals surface area contributed by atoms with Crippen LogP contribution in [0.25, 0.3) is 11.1 Å². The highest BCUT2D eigenvalue weighted by Gasteiger charge is 2.45. The molecule has 0 aliphatic carbocycles. The van der Waals surface area contributed by atoms with Gasteiger partial charge in [-0.3, -0.25) is 19.0 Å². The number of likely N-dealkylation sites (tertiary alicyclic amines) is 2. The van der Waals surface area contributed by atoms with E-state index in [1.807, 2.05) is 46.2 Å². The molecule has 4 saturated heterocycles. The van der Waals surface area contributed by atoms with Crippen molar-refractivity contribution >= 4 is 46.4 Å². The van der Waals surface area contributed by atoms with Crippen LogP contribution in [0.3, 0.4) is 0 Å². The molecule has 0 radical (unpaired) electrons. The molecule has 2 amide bonds. The summed E-state index contributed by atoms with van der Waals surface area (Å²) in [5, 5.41) is 28.5. The van der Waals surface area contributed by atoms with Gasteiger partial charge >= 0.3 is 0 Å². The molecule has 11 rings (SSSR count). The van der Waals surface area contributed by atoms with Crippen molar-refractivity contribution in [2.45, 2.75) is 103 Å². The van der Waals surface area contributed by atoms with Crippen LogP contribution in [0.5, 0.6) is 0 Å². The number of hydrogen-bond donors (Lipinski definition) is 0. The van der Waals surface area contributed by atoms with Gasteiger partial charge in [-0.1, -0.05) is 11.6 Å². The van der Waals surface area contributed by atoms with E-state index in [2.05, 4.69) is 52.6 Å². The summed E-state index contributed by atoms with van der Waals surface area (Å²) in [4.78, 5) is 39.6. The van der Waals surface area contributed by atoms with Crippen LogP contribution in [0, 0.1) is 22.7 Å². The molecule has 1 atom stereocenters. The second kappa shape index (κ2) is 19.7. The Kier molecular flexibility index (Phi) is 13.2. The topological polar surface area (TPSA) is 139 Å². The average Bonchev–Trinajstić information content (AvgIpc) is 4.10. The van der Waals surface area contributed by atoms with Crippen LogP contribution in [-0.4, -0.2) is 128 Å². The molecule has 378 valence electrons. The molecule has 18 heteroatoms. The number of amides is 2. The largest absolute Gasteiger partial charge is 0.368 e. The average molecular weight is 1000 g/mol. The SMILES string of the molecule is CC(=O)N1CCc2c(c(N3CCCc4cc(-c5cnn(C)c5)c(C(F)F)cc43)nn2C2CCN(CC3CCN(C(=O)c4ccc(N5CCC6(CC5)C[C@H](C)N(c5ccc(C#N)c(Cl)c5)C6)nn4)CC3)CC2)C1. The number of carbonyl (C=O) groups is 2. The molecule has 1 spiro atoms. The predicted octanol–water partition coefficient (Wildman–Crippen LogP) is 8.60. The zero-order valence-electron chi connectivity index (χ0n) is 41.6. The first-order valence-electron chi connectivity index (χ1n) is 26.0. The Morgan fingerprint density at radius 1 is 0.931 bits per heavy atom. The molecule has 3 aromatic heterocycles. The molecule has 6 aliphatic heterocycles. The van der Waals surface area contributed by atoms with Crippen molar-refractivity contribution in [3.8, 4) is 17.2 Å². The number of anilines is 4. The molecule has 4 fully saturated rings. The van der Waals surface area contributed by atoms with Crippen LogP contribution in [0.15, 0.2) is 54.9 Å². The smallest absolute Gasteiger partial charge is 0.274 e. The first-order valence-corrected chi connectivity index (χ1v) is 26.4. The number of hydrogen-bond acceptors (Lipinski definition) is 11. The molecule has 6 aliphatic rings. The van der Waals surface area contributed by atoms with Crippen molar-refractivity contribution in [2.75, 3.05) is 80.1 Å². The predicted molar refractivity (Wildman–Crippen MR) is 273 cm³/mol. The van der Waals surface area contributed by atoms with Gasteiger partial charge in [0.25, 0.3) is 12.3 Å². The lowest BCUT2D eigenvalue weighted by Crippen LogP contribution is -2.44. The van der Waals surface area contributed by atoms with Crippen molar-refractivity contribution in [1.82, 2.24) is 44.5 Å². The lowest BCUT2D eigenvalue weighted by atomic mass is 9.77. The van der Waals surface area contributed by atoms with Crippen molar-refractivity contribution in [3.63, 3.8) is 0 Å². The monoisotopic (exact) mass is 999 g/mol. The molecule has 9 heterocycles. The number of carbonyl (C=O) groups excluding carboxylic acids is 2. The van der Waals surface area contributed by atoms with Gasteiger partial charge in [0.05, 0.1) is 29.4 Å². The van der Waals surface area contributed by atoms with E-state index >= 15 is 0 Å². The minimum absolute atomic E-state index is 0.0135. The van der Waals surface area contributed by atoms with Gasteiger partial charge in [0.1, 0.15) is 6.07 Å². The van der Waals surface area contributed by atoms with E-state index in [-0.39, 0.29) is 28.8 Å². The number of halogens is 3. The molecule has 5 aromatic rings. The van der Waals surface area contributed by atoms with E-state index in [1.165, 1.54) is 0 Å². The number of benzene rings is 2. The van der Waals surface area contributed by atoms with Crippen LogP contribution in [-0.2, 0) is 31.2 Å². The number of fused-ring (bicyclic) bond motifs is 2. The number of rotatable bonds is 9. The minimum atomic E-state index is -2.66. The molecule has 0 unspecified atom stereocenters. The van der Waals surface area contributed by atoms with Crippen LogP contribution >= 0.6 is 11.6 Å². The summed E-state index contributed by atoms with van der Waals surface area (Å²) in [6, 6.07) is 15.8. The van der Waals surface area contributed by atoms with Gasteiger partial charge in [-0.15, -0.1) is 10.2 Å². The number of aryl methyl sites for hydroxylation is 2. The van der Waals surface area contributed by atoms with E-state index in [4.69, 9.17) is 16.7 Å². The maximum atomic E-state index is 14.8. The maximum Gasteiger partial charge on any atom is 0.274 e. The summed E-state index contributed by atoms with van der Waals surface area (Å²) in [5.41, 5.74) is 7.32. The quantitative estimate of drug-likeness (QED) is 0.140. The van der Waals surface area contributed by atoms with E-state index in [1.54, 1.807) is 37.1 Å². The van der Waals surface area contributed by atoms with Crippen molar-refractivity contribution < 1.29 is 18.4 Å². The fourth-order valence-corrected chi connectivity index (χ4v) is 13.1. The van der Waals surface area contributed by atoms with Gasteiger partial charge in [0.15, 0.2) is 17.3 Å². The Morgan fingerprint density at radius 3 is 2.40 bits per heavy atom. The zero-order chi connectivity index (χ0) is 49.8. The third-order valence-electron chi connectivity index (χ3n) is 16.9. The number of aromatic nitrogens is 6. The number of alkyl halides is 2. The second-order valence-electron chi connectivity index (χ2n) is 21.4. The van der Waals surface area contributed by atoms with Gasteiger partial charge in [0.2, 0.25) is 5.91 Å². The van der Waals surface area contributed by atoms with Gasteiger partial charge in [0, 0.05) is 132 Å². The molecule has 72 heavy (non-hydrogen) atoms. The highest BCUT2D eigenvalue weighted by atomic mass is 35.5. The lowest BCUT2D eigenvalue weighted by Gasteiger charge is -2.39. The molecule has 15 nitrogen and oxygen atoms in total. The van der Waals surface area contributed by atoms with Crippen LogP contribution < -0.4 is 14.7 Å². The van der Waals surface area contributed by atoms with E-state index in [9.17, 15) is 23.6 Å². The highest BCUT2D eigenvalue weighted by Crippen LogP contribution is 2.47. The van der Waals surface area contributed by atoms with Crippen molar-refractivity contribution in [2.24, 2.45) is 18.4 Å². The third-order valence-corrected chi connectivity index (χ3v) is 17.2. The fourth-order valence-electron chi connectivity index (χ4n) is 12.9. The Balaban J connectivity index is 0.685. The molecular weight excluding hydrogens is 936 g/mol. The van der Waals surface area contributed by atoms with Gasteiger partial charge in [-0.25, -0.2) is 8.78 Å². The van der Waals surface area contributed by atoms with Gasteiger partial charge in [-0.05, 0) is 130 Å². The molecular formula is C54H64ClF2N13O2. The third kappa shape index (κ3) is 9.29. The molecule has 0 saturated carbocycles. The maximum absolute atomic E-state index is 14.8.